The third-order valence-corrected chi connectivity index (χ3v) is 8.61. The first-order valence-electron chi connectivity index (χ1n) is 11.1. The summed E-state index contributed by atoms with van der Waals surface area (Å²) in [4.78, 5) is 13.9. The lowest BCUT2D eigenvalue weighted by Crippen LogP contribution is -2.38. The molecule has 2 unspecified atom stereocenters. The molecule has 5 rings (SSSR count). The van der Waals surface area contributed by atoms with Crippen molar-refractivity contribution < 1.29 is 0 Å². The molecule has 1 fully saturated rings. The van der Waals surface area contributed by atoms with Crippen molar-refractivity contribution in [3.63, 3.8) is 0 Å². The molecule has 158 valence electrons. The monoisotopic (exact) mass is 440 g/mol. The first-order chi connectivity index (χ1) is 14.6. The van der Waals surface area contributed by atoms with Gasteiger partial charge >= 0.3 is 0 Å². The number of hydrogen-bond acceptors (Lipinski definition) is 5. The smallest absolute Gasteiger partial charge is 0.135 e. The van der Waals surface area contributed by atoms with Gasteiger partial charge in [-0.3, -0.25) is 0 Å². The molecular weight excluding hydrogens is 412 g/mol. The van der Waals surface area contributed by atoms with E-state index in [4.69, 9.17) is 17.3 Å². The summed E-state index contributed by atoms with van der Waals surface area (Å²) in [5.41, 5.74) is 9.09. The zero-order valence-electron chi connectivity index (χ0n) is 17.5. The van der Waals surface area contributed by atoms with Gasteiger partial charge in [-0.15, -0.1) is 11.3 Å². The highest BCUT2D eigenvalue weighted by molar-refractivity contribution is 7.19. The minimum atomic E-state index is 0.617. The maximum Gasteiger partial charge on any atom is 0.135 e. The minimum absolute atomic E-state index is 0.617. The molecule has 3 aromatic rings. The summed E-state index contributed by atoms with van der Waals surface area (Å²) in [6, 6.07) is 8.92. The van der Waals surface area contributed by atoms with Crippen LogP contribution in [0.2, 0.25) is 5.02 Å². The van der Waals surface area contributed by atoms with E-state index in [1.54, 1.807) is 6.33 Å². The Morgan fingerprint density at radius 2 is 2.13 bits per heavy atom. The summed E-state index contributed by atoms with van der Waals surface area (Å²) < 4.78 is 0. The summed E-state index contributed by atoms with van der Waals surface area (Å²) in [5, 5.41) is 1.98. The van der Waals surface area contributed by atoms with Crippen LogP contribution in [0.4, 0.5) is 5.82 Å². The number of fused-ring (bicyclic) bond motifs is 3. The molecule has 0 aliphatic heterocycles. The van der Waals surface area contributed by atoms with Crippen LogP contribution in [0.3, 0.4) is 0 Å². The largest absolute Gasteiger partial charge is 0.383 e. The molecule has 2 aromatic heterocycles. The Morgan fingerprint density at radius 3 is 3.00 bits per heavy atom. The van der Waals surface area contributed by atoms with E-state index in [0.717, 1.165) is 34.1 Å². The molecule has 1 aromatic carbocycles. The number of nitrogen functional groups attached to an aromatic ring is 1. The normalized spacial score (nSPS) is 23.9. The second-order valence-electron chi connectivity index (χ2n) is 8.96. The summed E-state index contributed by atoms with van der Waals surface area (Å²) >= 11 is 7.98. The fraction of sp³-hybridized carbons (Fsp3) is 0.500. The molecule has 2 aliphatic rings. The van der Waals surface area contributed by atoms with E-state index in [1.807, 2.05) is 23.5 Å². The number of nitrogens with zero attached hydrogens (tertiary/aromatic N) is 3. The fourth-order valence-corrected chi connectivity index (χ4v) is 7.10. The van der Waals surface area contributed by atoms with Crippen molar-refractivity contribution in [2.45, 2.75) is 56.9 Å². The SMILES string of the molecule is CN(CCc1cccc(Cl)c1)[C@H]1CCCC(C2CCc3sc4ncnc(N)c4c32)C1. The Kier molecular flexibility index (Phi) is 5.69. The Hall–Kier alpha value is -1.69. The second kappa shape index (κ2) is 8.45. The average molecular weight is 441 g/mol. The Labute approximate surface area is 187 Å². The molecule has 1 saturated carbocycles. The maximum absolute atomic E-state index is 6.28. The molecule has 4 nitrogen and oxygen atoms in total. The van der Waals surface area contributed by atoms with E-state index in [2.05, 4.69) is 34.0 Å². The number of aryl methyl sites for hydroxylation is 1. The number of anilines is 1. The van der Waals surface area contributed by atoms with E-state index in [0.29, 0.717) is 17.8 Å². The van der Waals surface area contributed by atoms with E-state index >= 15 is 0 Å². The molecule has 2 aliphatic carbocycles. The van der Waals surface area contributed by atoms with Crippen molar-refractivity contribution in [1.82, 2.24) is 14.9 Å². The number of rotatable bonds is 5. The van der Waals surface area contributed by atoms with Gasteiger partial charge in [0.25, 0.3) is 0 Å². The molecule has 0 saturated heterocycles. The van der Waals surface area contributed by atoms with E-state index in [1.165, 1.54) is 54.5 Å². The van der Waals surface area contributed by atoms with Crippen LogP contribution >= 0.6 is 22.9 Å². The van der Waals surface area contributed by atoms with Crippen molar-refractivity contribution in [2.75, 3.05) is 19.3 Å². The third kappa shape index (κ3) is 3.83. The van der Waals surface area contributed by atoms with Crippen LogP contribution in [0.25, 0.3) is 10.2 Å². The lowest BCUT2D eigenvalue weighted by Gasteiger charge is -2.38. The topological polar surface area (TPSA) is 55.0 Å². The number of thiophene rings is 1. The van der Waals surface area contributed by atoms with Crippen molar-refractivity contribution in [2.24, 2.45) is 5.92 Å². The summed E-state index contributed by atoms with van der Waals surface area (Å²) in [6.45, 7) is 1.08. The van der Waals surface area contributed by atoms with E-state index < -0.39 is 0 Å². The van der Waals surface area contributed by atoms with Gasteiger partial charge in [0.1, 0.15) is 17.0 Å². The van der Waals surface area contributed by atoms with Gasteiger partial charge in [-0.2, -0.15) is 0 Å². The number of halogens is 1. The number of aromatic nitrogens is 2. The lowest BCUT2D eigenvalue weighted by molar-refractivity contribution is 0.146. The Bertz CT molecular complexity index is 1050. The quantitative estimate of drug-likeness (QED) is 0.553. The molecule has 0 bridgehead atoms. The first-order valence-corrected chi connectivity index (χ1v) is 12.3. The molecule has 3 atom stereocenters. The van der Waals surface area contributed by atoms with E-state index in [-0.39, 0.29) is 0 Å². The van der Waals surface area contributed by atoms with Gasteiger partial charge in [-0.1, -0.05) is 30.2 Å². The minimum Gasteiger partial charge on any atom is -0.383 e. The fourth-order valence-electron chi connectivity index (χ4n) is 5.65. The number of hydrogen-bond donors (Lipinski definition) is 1. The van der Waals surface area contributed by atoms with Gasteiger partial charge < -0.3 is 10.6 Å². The van der Waals surface area contributed by atoms with Crippen molar-refractivity contribution >= 4 is 39.0 Å². The molecule has 0 spiro atoms. The predicted molar refractivity (Wildman–Crippen MR) is 126 cm³/mol. The Morgan fingerprint density at radius 1 is 1.23 bits per heavy atom. The number of likely N-dealkylation sites (N-methyl/N-ethyl adjacent to an activating group) is 1. The van der Waals surface area contributed by atoms with Gasteiger partial charge in [0.05, 0.1) is 5.39 Å². The van der Waals surface area contributed by atoms with Crippen LogP contribution in [0.1, 0.15) is 54.0 Å². The van der Waals surface area contributed by atoms with Gasteiger partial charge in [0, 0.05) is 22.5 Å². The van der Waals surface area contributed by atoms with Gasteiger partial charge in [-0.05, 0) is 80.7 Å². The average Bonchev–Trinajstić information content (AvgIpc) is 3.32. The zero-order valence-corrected chi connectivity index (χ0v) is 19.1. The van der Waals surface area contributed by atoms with Crippen LogP contribution < -0.4 is 5.73 Å². The van der Waals surface area contributed by atoms with Crippen LogP contribution in [0.15, 0.2) is 30.6 Å². The van der Waals surface area contributed by atoms with Crippen molar-refractivity contribution in [3.8, 4) is 0 Å². The molecular formula is C24H29ClN4S. The van der Waals surface area contributed by atoms with Crippen LogP contribution in [0, 0.1) is 5.92 Å². The van der Waals surface area contributed by atoms with Gasteiger partial charge in [-0.25, -0.2) is 9.97 Å². The maximum atomic E-state index is 6.28. The first kappa shape index (κ1) is 20.2. The Balaban J connectivity index is 1.29. The van der Waals surface area contributed by atoms with E-state index in [9.17, 15) is 0 Å². The molecule has 0 radical (unpaired) electrons. The van der Waals surface area contributed by atoms with Crippen molar-refractivity contribution in [1.29, 1.82) is 0 Å². The highest BCUT2D eigenvalue weighted by Gasteiger charge is 2.37. The van der Waals surface area contributed by atoms with Crippen LogP contribution in [-0.4, -0.2) is 34.5 Å². The number of nitrogens with two attached hydrogens (primary N) is 1. The highest BCUT2D eigenvalue weighted by Crippen LogP contribution is 2.50. The highest BCUT2D eigenvalue weighted by atomic mass is 35.5. The lowest BCUT2D eigenvalue weighted by atomic mass is 9.75. The molecule has 2 N–H and O–H groups in total. The second-order valence-corrected chi connectivity index (χ2v) is 10.5. The van der Waals surface area contributed by atoms with Crippen LogP contribution in [-0.2, 0) is 12.8 Å². The molecule has 6 heteroatoms. The molecule has 30 heavy (non-hydrogen) atoms. The summed E-state index contributed by atoms with van der Waals surface area (Å²) in [5.74, 6) is 2.01. The predicted octanol–water partition coefficient (Wildman–Crippen LogP) is 5.69. The van der Waals surface area contributed by atoms with Gasteiger partial charge in [0.2, 0.25) is 0 Å². The summed E-state index contributed by atoms with van der Waals surface area (Å²) in [6.07, 6.45) is 10.3. The third-order valence-electron chi connectivity index (χ3n) is 7.21. The molecule has 2 heterocycles. The van der Waals surface area contributed by atoms with Crippen LogP contribution in [0.5, 0.6) is 0 Å². The van der Waals surface area contributed by atoms with Gasteiger partial charge in [0.15, 0.2) is 0 Å². The number of benzene rings is 1. The summed E-state index contributed by atoms with van der Waals surface area (Å²) in [7, 11) is 2.30. The standard InChI is InChI=1S/C24H29ClN4S/c1-29(11-10-15-4-2-6-17(25)12-15)18-7-3-5-16(13-18)19-8-9-20-21(19)22-23(26)27-14-28-24(22)30-20/h2,4,6,12,14,16,18-19H,3,5,7-11,13H2,1H3,(H2,26,27,28)/t16?,18-,19?/m0/s1. The molecule has 0 amide bonds. The zero-order chi connectivity index (χ0) is 20.7. The van der Waals surface area contributed by atoms with Crippen molar-refractivity contribution in [3.05, 3.63) is 51.6 Å².